The quantitative estimate of drug-likeness (QED) is 0.455. The maximum atomic E-state index is 12.8. The largest absolute Gasteiger partial charge is 0.361 e. The van der Waals surface area contributed by atoms with Crippen molar-refractivity contribution in [2.75, 3.05) is 0 Å². The SMILES string of the molecule is O=C(N[C@@H]1CCCc2c1[nH]c1ccc(Cl)cc21)c1ccc2cc[nH]c2c1. The number of hydrogen-bond donors (Lipinski definition) is 3. The van der Waals surface area contributed by atoms with Crippen molar-refractivity contribution >= 4 is 39.3 Å². The standard InChI is InChI=1S/C21H18ClN3O/c22-14-6-7-17-16(11-14)15-2-1-3-18(20(15)24-17)25-21(26)13-5-4-12-8-9-23-19(12)10-13/h4-11,18,23-24H,1-3H2,(H,25,26)/t18-/m1/s1. The molecule has 2 aromatic heterocycles. The third-order valence-corrected chi connectivity index (χ3v) is 5.53. The van der Waals surface area contributed by atoms with Gasteiger partial charge < -0.3 is 15.3 Å². The fraction of sp³-hybridized carbons (Fsp3) is 0.190. The number of fused-ring (bicyclic) bond motifs is 4. The number of aryl methyl sites for hydroxylation is 1. The monoisotopic (exact) mass is 363 g/mol. The maximum Gasteiger partial charge on any atom is 0.251 e. The summed E-state index contributed by atoms with van der Waals surface area (Å²) in [5.41, 5.74) is 5.11. The van der Waals surface area contributed by atoms with Crippen LogP contribution in [0.5, 0.6) is 0 Å². The number of halogens is 1. The molecule has 0 fully saturated rings. The van der Waals surface area contributed by atoms with Gasteiger partial charge in [-0.3, -0.25) is 4.79 Å². The van der Waals surface area contributed by atoms with Crippen molar-refractivity contribution in [2.24, 2.45) is 0 Å². The molecule has 2 aromatic carbocycles. The normalized spacial score (nSPS) is 16.7. The summed E-state index contributed by atoms with van der Waals surface area (Å²) in [5, 5.41) is 6.22. The zero-order valence-corrected chi connectivity index (χ0v) is 14.9. The number of carbonyl (C=O) groups is 1. The maximum absolute atomic E-state index is 12.8. The second-order valence-corrected chi connectivity index (χ2v) is 7.34. The predicted octanol–water partition coefficient (Wildman–Crippen LogP) is 5.11. The van der Waals surface area contributed by atoms with Gasteiger partial charge in [0.2, 0.25) is 0 Å². The zero-order chi connectivity index (χ0) is 17.7. The first kappa shape index (κ1) is 15.5. The van der Waals surface area contributed by atoms with Crippen LogP contribution in [0.15, 0.2) is 48.7 Å². The molecular formula is C21H18ClN3O. The molecule has 1 atom stereocenters. The van der Waals surface area contributed by atoms with Crippen LogP contribution < -0.4 is 5.32 Å². The van der Waals surface area contributed by atoms with Gasteiger partial charge in [0.1, 0.15) is 0 Å². The molecule has 4 nitrogen and oxygen atoms in total. The van der Waals surface area contributed by atoms with E-state index in [9.17, 15) is 4.79 Å². The van der Waals surface area contributed by atoms with Gasteiger partial charge in [-0.2, -0.15) is 0 Å². The number of aromatic nitrogens is 2. The van der Waals surface area contributed by atoms with Crippen molar-refractivity contribution in [1.82, 2.24) is 15.3 Å². The number of amides is 1. The van der Waals surface area contributed by atoms with Crippen molar-refractivity contribution in [3.63, 3.8) is 0 Å². The van der Waals surface area contributed by atoms with Crippen LogP contribution >= 0.6 is 11.6 Å². The van der Waals surface area contributed by atoms with Crippen LogP contribution in [0.2, 0.25) is 5.02 Å². The summed E-state index contributed by atoms with van der Waals surface area (Å²) in [6, 6.07) is 13.7. The minimum atomic E-state index is -0.0453. The molecule has 0 spiro atoms. The molecule has 5 heteroatoms. The van der Waals surface area contributed by atoms with Gasteiger partial charge in [-0.1, -0.05) is 17.7 Å². The lowest BCUT2D eigenvalue weighted by atomic mass is 9.91. The first-order valence-corrected chi connectivity index (χ1v) is 9.25. The van der Waals surface area contributed by atoms with E-state index in [0.717, 1.165) is 46.4 Å². The summed E-state index contributed by atoms with van der Waals surface area (Å²) < 4.78 is 0. The third-order valence-electron chi connectivity index (χ3n) is 5.29. The summed E-state index contributed by atoms with van der Waals surface area (Å²) in [6.45, 7) is 0. The summed E-state index contributed by atoms with van der Waals surface area (Å²) in [4.78, 5) is 19.5. The van der Waals surface area contributed by atoms with Gasteiger partial charge in [-0.05, 0) is 66.6 Å². The number of hydrogen-bond acceptors (Lipinski definition) is 1. The Morgan fingerprint density at radius 1 is 1.12 bits per heavy atom. The molecule has 4 aromatic rings. The lowest BCUT2D eigenvalue weighted by molar-refractivity contribution is 0.0932. The van der Waals surface area contributed by atoms with E-state index in [1.54, 1.807) is 0 Å². The smallest absolute Gasteiger partial charge is 0.251 e. The Balaban J connectivity index is 1.48. The number of nitrogens with one attached hydrogen (secondary N) is 3. The molecule has 3 N–H and O–H groups in total. The number of aromatic amines is 2. The van der Waals surface area contributed by atoms with E-state index in [2.05, 4.69) is 15.3 Å². The van der Waals surface area contributed by atoms with Crippen LogP contribution in [-0.4, -0.2) is 15.9 Å². The Bertz CT molecular complexity index is 1140. The molecule has 0 unspecified atom stereocenters. The van der Waals surface area contributed by atoms with Gasteiger partial charge >= 0.3 is 0 Å². The Morgan fingerprint density at radius 2 is 2.04 bits per heavy atom. The number of carbonyl (C=O) groups excluding carboxylic acids is 1. The molecular weight excluding hydrogens is 346 g/mol. The van der Waals surface area contributed by atoms with Crippen molar-refractivity contribution in [1.29, 1.82) is 0 Å². The van der Waals surface area contributed by atoms with Crippen LogP contribution in [0.1, 0.15) is 40.5 Å². The van der Waals surface area contributed by atoms with Crippen LogP contribution in [-0.2, 0) is 6.42 Å². The highest BCUT2D eigenvalue weighted by molar-refractivity contribution is 6.31. The van der Waals surface area contributed by atoms with Crippen molar-refractivity contribution in [3.8, 4) is 0 Å². The van der Waals surface area contributed by atoms with E-state index in [1.807, 2.05) is 48.7 Å². The molecule has 0 saturated heterocycles. The molecule has 0 radical (unpaired) electrons. The lowest BCUT2D eigenvalue weighted by Crippen LogP contribution is -2.31. The Kier molecular flexibility index (Phi) is 3.54. The van der Waals surface area contributed by atoms with Gasteiger partial charge in [0.15, 0.2) is 0 Å². The average Bonchev–Trinajstić information content (AvgIpc) is 3.25. The van der Waals surface area contributed by atoms with Crippen molar-refractivity contribution < 1.29 is 4.79 Å². The number of H-pyrrole nitrogens is 2. The molecule has 1 aliphatic rings. The summed E-state index contributed by atoms with van der Waals surface area (Å²) in [7, 11) is 0. The van der Waals surface area contributed by atoms with Crippen LogP contribution in [0, 0.1) is 0 Å². The van der Waals surface area contributed by atoms with Gasteiger partial charge in [0.25, 0.3) is 5.91 Å². The second kappa shape index (κ2) is 5.92. The van der Waals surface area contributed by atoms with Gasteiger partial charge in [0.05, 0.1) is 6.04 Å². The molecule has 2 heterocycles. The Labute approximate surface area is 155 Å². The summed E-state index contributed by atoms with van der Waals surface area (Å²) in [5.74, 6) is -0.0453. The van der Waals surface area contributed by atoms with E-state index in [0.29, 0.717) is 5.56 Å². The first-order chi connectivity index (χ1) is 12.7. The van der Waals surface area contributed by atoms with E-state index in [-0.39, 0.29) is 11.9 Å². The average molecular weight is 364 g/mol. The molecule has 0 aliphatic heterocycles. The minimum absolute atomic E-state index is 0.00300. The highest BCUT2D eigenvalue weighted by atomic mass is 35.5. The second-order valence-electron chi connectivity index (χ2n) is 6.91. The van der Waals surface area contributed by atoms with Crippen molar-refractivity contribution in [3.05, 3.63) is 70.5 Å². The Hall–Kier alpha value is -2.72. The highest BCUT2D eigenvalue weighted by Gasteiger charge is 2.26. The molecule has 0 saturated carbocycles. The summed E-state index contributed by atoms with van der Waals surface area (Å²) in [6.07, 6.45) is 4.88. The Morgan fingerprint density at radius 3 is 2.96 bits per heavy atom. The van der Waals surface area contributed by atoms with Crippen LogP contribution in [0.3, 0.4) is 0 Å². The fourth-order valence-corrected chi connectivity index (χ4v) is 4.18. The molecule has 5 rings (SSSR count). The van der Waals surface area contributed by atoms with E-state index in [4.69, 9.17) is 11.6 Å². The van der Waals surface area contributed by atoms with Crippen LogP contribution in [0.4, 0.5) is 0 Å². The van der Waals surface area contributed by atoms with Crippen LogP contribution in [0.25, 0.3) is 21.8 Å². The predicted molar refractivity (Wildman–Crippen MR) is 105 cm³/mol. The van der Waals surface area contributed by atoms with E-state index < -0.39 is 0 Å². The minimum Gasteiger partial charge on any atom is -0.361 e. The highest BCUT2D eigenvalue weighted by Crippen LogP contribution is 2.36. The molecule has 1 aliphatic carbocycles. The van der Waals surface area contributed by atoms with E-state index in [1.165, 1.54) is 10.9 Å². The lowest BCUT2D eigenvalue weighted by Gasteiger charge is -2.24. The topological polar surface area (TPSA) is 60.7 Å². The molecule has 130 valence electrons. The van der Waals surface area contributed by atoms with Gasteiger partial charge in [0, 0.05) is 38.9 Å². The number of rotatable bonds is 2. The first-order valence-electron chi connectivity index (χ1n) is 8.87. The summed E-state index contributed by atoms with van der Waals surface area (Å²) >= 11 is 6.17. The van der Waals surface area contributed by atoms with Gasteiger partial charge in [-0.15, -0.1) is 0 Å². The zero-order valence-electron chi connectivity index (χ0n) is 14.1. The molecule has 0 bridgehead atoms. The van der Waals surface area contributed by atoms with Gasteiger partial charge in [-0.25, -0.2) is 0 Å². The number of benzene rings is 2. The van der Waals surface area contributed by atoms with E-state index >= 15 is 0 Å². The third kappa shape index (κ3) is 2.49. The molecule has 1 amide bonds. The fourth-order valence-electron chi connectivity index (χ4n) is 4.01. The van der Waals surface area contributed by atoms with Crippen molar-refractivity contribution in [2.45, 2.75) is 25.3 Å². The molecule has 26 heavy (non-hydrogen) atoms.